The van der Waals surface area contributed by atoms with Gasteiger partial charge in [-0.15, -0.1) is 0 Å². The fourth-order valence-corrected chi connectivity index (χ4v) is 9.46. The quantitative estimate of drug-likeness (QED) is 0.484. The Bertz CT molecular complexity index is 905. The van der Waals surface area contributed by atoms with Crippen molar-refractivity contribution in [1.82, 2.24) is 0 Å². The summed E-state index contributed by atoms with van der Waals surface area (Å²) in [6.07, 6.45) is 2.84. The first-order chi connectivity index (χ1) is 12.7. The first kappa shape index (κ1) is 17.3. The third kappa shape index (κ3) is 2.49. The van der Waals surface area contributed by atoms with E-state index in [1.807, 2.05) is 30.3 Å². The lowest BCUT2D eigenvalue weighted by Crippen LogP contribution is -2.27. The number of rotatable bonds is 4. The largest absolute Gasteiger partial charge is 0.317 e. The van der Waals surface area contributed by atoms with Crippen molar-refractivity contribution in [2.75, 3.05) is 0 Å². The molecule has 26 heavy (non-hydrogen) atoms. The molecule has 1 fully saturated rings. The lowest BCUT2D eigenvalue weighted by molar-refractivity contribution is 0.514. The van der Waals surface area contributed by atoms with Crippen molar-refractivity contribution in [3.8, 4) is 0 Å². The fraction of sp³-hybridized carbons (Fsp3) is 0.250. The summed E-state index contributed by atoms with van der Waals surface area (Å²) in [7, 11) is -2.72. The summed E-state index contributed by atoms with van der Waals surface area (Å²) in [5.74, 6) is 0. The summed E-state index contributed by atoms with van der Waals surface area (Å²) in [6.45, 7) is 2.20. The third-order valence-corrected chi connectivity index (χ3v) is 10.7. The van der Waals surface area contributed by atoms with Gasteiger partial charge in [-0.2, -0.15) is 0 Å². The molecule has 0 unspecified atom stereocenters. The molecule has 1 saturated heterocycles. The molecule has 1 nitrogen and oxygen atoms in total. The third-order valence-electron chi connectivity index (χ3n) is 6.13. The summed E-state index contributed by atoms with van der Waals surface area (Å²) >= 11 is 0. The summed E-state index contributed by atoms with van der Waals surface area (Å²) < 4.78 is 15.0. The number of hydrogen-bond acceptors (Lipinski definition) is 1. The lowest BCUT2D eigenvalue weighted by atomic mass is 9.90. The van der Waals surface area contributed by atoms with E-state index < -0.39 is 7.14 Å². The summed E-state index contributed by atoms with van der Waals surface area (Å²) in [4.78, 5) is 0. The van der Waals surface area contributed by atoms with Crippen molar-refractivity contribution in [2.24, 2.45) is 0 Å². The van der Waals surface area contributed by atoms with Crippen LogP contribution in [0.3, 0.4) is 0 Å². The van der Waals surface area contributed by atoms with E-state index in [2.05, 4.69) is 67.6 Å². The maximum absolute atomic E-state index is 15.0. The standard InChI is InChI=1S/C24H25OP/c1-2-24(21-14-8-4-9-15-21)19-18-23(20-12-6-3-7-13-20)26(24,25)22-16-10-5-11-17-22/h3-17,23H,2,18-19H2,1H3/t23-,24-,26+/m1/s1. The van der Waals surface area contributed by atoms with E-state index in [1.165, 1.54) is 11.1 Å². The molecule has 3 atom stereocenters. The second-order valence-corrected chi connectivity index (χ2v) is 10.5. The Balaban J connectivity index is 1.97. The smallest absolute Gasteiger partial charge is 0.132 e. The zero-order chi connectivity index (χ0) is 18.0. The minimum absolute atomic E-state index is 0.0891. The maximum Gasteiger partial charge on any atom is 0.132 e. The molecule has 1 aliphatic heterocycles. The first-order valence-electron chi connectivity index (χ1n) is 9.48. The van der Waals surface area contributed by atoms with Gasteiger partial charge in [0.1, 0.15) is 7.14 Å². The van der Waals surface area contributed by atoms with Crippen LogP contribution in [0.15, 0.2) is 91.0 Å². The fourth-order valence-electron chi connectivity index (χ4n) is 4.85. The SMILES string of the molecule is CC[C@]1(c2ccccc2)CC[C@H](c2ccccc2)[P@@]1(=O)c1ccccc1. The highest BCUT2D eigenvalue weighted by molar-refractivity contribution is 7.73. The van der Waals surface area contributed by atoms with Gasteiger partial charge in [0.2, 0.25) is 0 Å². The normalized spacial score (nSPS) is 28.1. The van der Waals surface area contributed by atoms with Crippen LogP contribution in [0.5, 0.6) is 0 Å². The molecule has 0 bridgehead atoms. The molecule has 2 heteroatoms. The van der Waals surface area contributed by atoms with Gasteiger partial charge in [0.05, 0.1) is 5.16 Å². The van der Waals surface area contributed by atoms with Crippen molar-refractivity contribution in [3.05, 3.63) is 102 Å². The number of hydrogen-bond donors (Lipinski definition) is 0. The van der Waals surface area contributed by atoms with Crippen LogP contribution in [0.1, 0.15) is 43.0 Å². The van der Waals surface area contributed by atoms with E-state index in [4.69, 9.17) is 0 Å². The average Bonchev–Trinajstić information content (AvgIpc) is 3.04. The number of benzene rings is 3. The molecule has 1 heterocycles. The molecule has 0 aromatic heterocycles. The highest BCUT2D eigenvalue weighted by Gasteiger charge is 2.58. The monoisotopic (exact) mass is 360 g/mol. The predicted molar refractivity (Wildman–Crippen MR) is 111 cm³/mol. The average molecular weight is 360 g/mol. The van der Waals surface area contributed by atoms with Gasteiger partial charge in [-0.25, -0.2) is 0 Å². The molecule has 0 N–H and O–H groups in total. The van der Waals surface area contributed by atoms with Crippen LogP contribution in [0, 0.1) is 0 Å². The van der Waals surface area contributed by atoms with Crippen LogP contribution in [0.2, 0.25) is 0 Å². The van der Waals surface area contributed by atoms with Gasteiger partial charge in [0.25, 0.3) is 0 Å². The van der Waals surface area contributed by atoms with Crippen molar-refractivity contribution < 1.29 is 4.57 Å². The van der Waals surface area contributed by atoms with E-state index in [1.54, 1.807) is 0 Å². The van der Waals surface area contributed by atoms with Gasteiger partial charge < -0.3 is 4.57 Å². The van der Waals surface area contributed by atoms with Crippen molar-refractivity contribution >= 4 is 12.4 Å². The maximum atomic E-state index is 15.0. The van der Waals surface area contributed by atoms with E-state index in [9.17, 15) is 0 Å². The van der Waals surface area contributed by atoms with E-state index in [-0.39, 0.29) is 10.8 Å². The highest BCUT2D eigenvalue weighted by atomic mass is 31.2. The minimum Gasteiger partial charge on any atom is -0.317 e. The van der Waals surface area contributed by atoms with Crippen molar-refractivity contribution in [2.45, 2.75) is 37.0 Å². The van der Waals surface area contributed by atoms with Gasteiger partial charge in [-0.05, 0) is 30.4 Å². The molecule has 132 valence electrons. The van der Waals surface area contributed by atoms with Crippen LogP contribution in [-0.2, 0) is 9.72 Å². The molecule has 4 rings (SSSR count). The summed E-state index contributed by atoms with van der Waals surface area (Å²) in [5.41, 5.74) is 2.53. The molecule has 0 aliphatic carbocycles. The Morgan fingerprint density at radius 2 is 1.38 bits per heavy atom. The van der Waals surface area contributed by atoms with Gasteiger partial charge in [0, 0.05) is 11.0 Å². The van der Waals surface area contributed by atoms with Gasteiger partial charge >= 0.3 is 0 Å². The second kappa shape index (κ2) is 6.89. The molecule has 0 radical (unpaired) electrons. The zero-order valence-corrected chi connectivity index (χ0v) is 16.1. The molecule has 1 aliphatic rings. The van der Waals surface area contributed by atoms with Crippen molar-refractivity contribution in [3.63, 3.8) is 0 Å². The highest BCUT2D eigenvalue weighted by Crippen LogP contribution is 2.79. The van der Waals surface area contributed by atoms with Gasteiger partial charge in [-0.3, -0.25) is 0 Å². The molecule has 3 aromatic carbocycles. The molecule has 3 aromatic rings. The van der Waals surface area contributed by atoms with Crippen LogP contribution in [0.4, 0.5) is 0 Å². The Morgan fingerprint density at radius 1 is 0.846 bits per heavy atom. The van der Waals surface area contributed by atoms with Crippen molar-refractivity contribution in [1.29, 1.82) is 0 Å². The second-order valence-electron chi connectivity index (χ2n) is 7.21. The van der Waals surface area contributed by atoms with Crippen LogP contribution in [0.25, 0.3) is 0 Å². The topological polar surface area (TPSA) is 17.1 Å². The molecule has 0 saturated carbocycles. The molecular weight excluding hydrogens is 335 g/mol. The van der Waals surface area contributed by atoms with E-state index in [0.717, 1.165) is 24.6 Å². The van der Waals surface area contributed by atoms with Crippen LogP contribution >= 0.6 is 7.14 Å². The van der Waals surface area contributed by atoms with Gasteiger partial charge in [0.15, 0.2) is 0 Å². The first-order valence-corrected chi connectivity index (χ1v) is 11.3. The van der Waals surface area contributed by atoms with Crippen LogP contribution in [-0.4, -0.2) is 0 Å². The van der Waals surface area contributed by atoms with Gasteiger partial charge in [-0.1, -0.05) is 97.9 Å². The van der Waals surface area contributed by atoms with E-state index >= 15 is 4.57 Å². The Hall–Kier alpha value is -2.11. The van der Waals surface area contributed by atoms with E-state index in [0.29, 0.717) is 0 Å². The Morgan fingerprint density at radius 3 is 1.96 bits per heavy atom. The minimum atomic E-state index is -2.72. The molecule has 0 amide bonds. The Labute approximate surface area is 156 Å². The predicted octanol–water partition coefficient (Wildman–Crippen LogP) is 6.52. The molecule has 0 spiro atoms. The summed E-state index contributed by atoms with van der Waals surface area (Å²) in [6, 6.07) is 31.3. The summed E-state index contributed by atoms with van der Waals surface area (Å²) in [5, 5.41) is 0.743. The zero-order valence-electron chi connectivity index (χ0n) is 15.2. The van der Waals surface area contributed by atoms with Crippen LogP contribution < -0.4 is 5.30 Å². The Kier molecular flexibility index (Phi) is 4.59. The molecular formula is C24H25OP. The lowest BCUT2D eigenvalue weighted by Gasteiger charge is -2.38.